The Hall–Kier alpha value is -1.16. The van der Waals surface area contributed by atoms with E-state index in [9.17, 15) is 8.78 Å². The number of para-hydroxylation sites is 1. The molecule has 0 amide bonds. The summed E-state index contributed by atoms with van der Waals surface area (Å²) in [6.45, 7) is 0.175. The van der Waals surface area contributed by atoms with Gasteiger partial charge in [0.15, 0.2) is 0 Å². The molecule has 0 radical (unpaired) electrons. The highest BCUT2D eigenvalue weighted by Crippen LogP contribution is 2.27. The number of alkyl halides is 2. The summed E-state index contributed by atoms with van der Waals surface area (Å²) in [5.41, 5.74) is 0.798. The van der Waals surface area contributed by atoms with Crippen molar-refractivity contribution in [2.45, 2.75) is 58.1 Å². The maximum Gasteiger partial charge on any atom is 0.387 e. The van der Waals surface area contributed by atoms with Crippen molar-refractivity contribution in [3.63, 3.8) is 0 Å². The molecule has 1 aliphatic rings. The number of hydrogen-bond donors (Lipinski definition) is 1. The van der Waals surface area contributed by atoms with Crippen molar-refractivity contribution in [2.75, 3.05) is 6.54 Å². The average molecular weight is 297 g/mol. The number of hydrogen-bond acceptors (Lipinski definition) is 2. The maximum atomic E-state index is 12.4. The molecule has 0 heterocycles. The molecule has 0 bridgehead atoms. The van der Waals surface area contributed by atoms with Gasteiger partial charge in [-0.15, -0.1) is 0 Å². The monoisotopic (exact) mass is 297 g/mol. The molecule has 4 heteroatoms. The number of nitrogens with one attached hydrogen (secondary N) is 1. The first-order valence-corrected chi connectivity index (χ1v) is 7.94. The first-order chi connectivity index (χ1) is 10.2. The second-order valence-electron chi connectivity index (χ2n) is 5.90. The van der Waals surface area contributed by atoms with Crippen molar-refractivity contribution in [2.24, 2.45) is 5.92 Å². The van der Waals surface area contributed by atoms with Gasteiger partial charge in [0.05, 0.1) is 0 Å². The summed E-state index contributed by atoms with van der Waals surface area (Å²) in [5, 5.41) is 3.49. The summed E-state index contributed by atoms with van der Waals surface area (Å²) < 4.78 is 29.5. The lowest BCUT2D eigenvalue weighted by atomic mass is 9.99. The molecule has 0 spiro atoms. The molecule has 1 atom stereocenters. The maximum absolute atomic E-state index is 12.4. The van der Waals surface area contributed by atoms with Gasteiger partial charge in [-0.1, -0.05) is 43.9 Å². The summed E-state index contributed by atoms with van der Waals surface area (Å²) in [6, 6.07) is 7.05. The molecule has 1 aromatic rings. The Morgan fingerprint density at radius 1 is 1.14 bits per heavy atom. The third kappa shape index (κ3) is 5.27. The fraction of sp³-hybridized carbons (Fsp3) is 0.647. The lowest BCUT2D eigenvalue weighted by molar-refractivity contribution is -0.0506. The van der Waals surface area contributed by atoms with Crippen molar-refractivity contribution >= 4 is 0 Å². The van der Waals surface area contributed by atoms with E-state index in [0.717, 1.165) is 12.1 Å². The highest BCUT2D eigenvalue weighted by molar-refractivity contribution is 5.35. The van der Waals surface area contributed by atoms with Crippen LogP contribution in [0.4, 0.5) is 8.78 Å². The molecule has 1 N–H and O–H groups in total. The third-order valence-corrected chi connectivity index (χ3v) is 4.29. The Morgan fingerprint density at radius 3 is 2.48 bits per heavy atom. The van der Waals surface area contributed by atoms with Crippen molar-refractivity contribution in [1.29, 1.82) is 0 Å². The Labute approximate surface area is 125 Å². The quantitative estimate of drug-likeness (QED) is 0.753. The second-order valence-corrected chi connectivity index (χ2v) is 5.90. The van der Waals surface area contributed by atoms with Crippen LogP contribution in [0.3, 0.4) is 0 Å². The molecular weight excluding hydrogens is 272 g/mol. The molecule has 21 heavy (non-hydrogen) atoms. The van der Waals surface area contributed by atoms with Crippen LogP contribution in [-0.4, -0.2) is 13.2 Å². The molecule has 1 saturated carbocycles. The Bertz CT molecular complexity index is 417. The van der Waals surface area contributed by atoms with E-state index in [1.54, 1.807) is 12.1 Å². The Kier molecular flexibility index (Phi) is 6.43. The summed E-state index contributed by atoms with van der Waals surface area (Å²) in [5.74, 6) is 0.978. The molecule has 0 aliphatic heterocycles. The van der Waals surface area contributed by atoms with Gasteiger partial charge in [-0.05, 0) is 38.3 Å². The minimum absolute atomic E-state index is 0.0169. The van der Waals surface area contributed by atoms with E-state index in [1.807, 2.05) is 19.1 Å². The summed E-state index contributed by atoms with van der Waals surface area (Å²) >= 11 is 0. The number of rotatable bonds is 6. The highest BCUT2D eigenvalue weighted by Gasteiger charge is 2.17. The molecule has 2 rings (SSSR count). The standard InChI is InChI=1S/C17H25F2NO/c1-13(20-12-14-8-4-2-3-5-9-14)15-10-6-7-11-16(15)21-17(18)19/h6-7,10-11,13-14,17,20H,2-5,8-9,12H2,1H3. The predicted molar refractivity (Wildman–Crippen MR) is 80.7 cm³/mol. The van der Waals surface area contributed by atoms with Gasteiger partial charge in [0.2, 0.25) is 0 Å². The first kappa shape index (κ1) is 16.2. The molecule has 118 valence electrons. The number of benzene rings is 1. The van der Waals surface area contributed by atoms with E-state index in [1.165, 1.54) is 38.5 Å². The molecule has 1 fully saturated rings. The molecular formula is C17H25F2NO. The first-order valence-electron chi connectivity index (χ1n) is 7.94. The van der Waals surface area contributed by atoms with Crippen LogP contribution in [0.15, 0.2) is 24.3 Å². The number of halogens is 2. The number of ether oxygens (including phenoxy) is 1. The van der Waals surface area contributed by atoms with Crippen LogP contribution in [0, 0.1) is 5.92 Å². The van der Waals surface area contributed by atoms with Gasteiger partial charge in [-0.25, -0.2) is 0 Å². The van der Waals surface area contributed by atoms with Crippen LogP contribution >= 0.6 is 0 Å². The topological polar surface area (TPSA) is 21.3 Å². The van der Waals surface area contributed by atoms with Gasteiger partial charge in [0, 0.05) is 11.6 Å². The van der Waals surface area contributed by atoms with E-state index in [2.05, 4.69) is 10.1 Å². The van der Waals surface area contributed by atoms with Crippen LogP contribution in [0.2, 0.25) is 0 Å². The smallest absolute Gasteiger partial charge is 0.387 e. The Morgan fingerprint density at radius 2 is 1.81 bits per heavy atom. The summed E-state index contributed by atoms with van der Waals surface area (Å²) in [6.07, 6.45) is 7.86. The SMILES string of the molecule is CC(NCC1CCCCCC1)c1ccccc1OC(F)F. The van der Waals surface area contributed by atoms with E-state index < -0.39 is 6.61 Å². The van der Waals surface area contributed by atoms with Crippen molar-refractivity contribution in [3.05, 3.63) is 29.8 Å². The summed E-state index contributed by atoms with van der Waals surface area (Å²) in [4.78, 5) is 0. The van der Waals surface area contributed by atoms with Gasteiger partial charge >= 0.3 is 6.61 Å². The van der Waals surface area contributed by atoms with Crippen LogP contribution < -0.4 is 10.1 Å². The third-order valence-electron chi connectivity index (χ3n) is 4.29. The normalized spacial score (nSPS) is 18.5. The highest BCUT2D eigenvalue weighted by atomic mass is 19.3. The molecule has 2 nitrogen and oxygen atoms in total. The van der Waals surface area contributed by atoms with Crippen LogP contribution in [0.25, 0.3) is 0 Å². The predicted octanol–water partition coefficient (Wildman–Crippen LogP) is 4.91. The van der Waals surface area contributed by atoms with Crippen molar-refractivity contribution in [3.8, 4) is 5.75 Å². The molecule has 0 aromatic heterocycles. The van der Waals surface area contributed by atoms with E-state index in [0.29, 0.717) is 5.92 Å². The zero-order valence-electron chi connectivity index (χ0n) is 12.7. The molecule has 1 unspecified atom stereocenters. The fourth-order valence-corrected chi connectivity index (χ4v) is 3.06. The zero-order chi connectivity index (χ0) is 15.1. The molecule has 1 aliphatic carbocycles. The lowest BCUT2D eigenvalue weighted by Gasteiger charge is -2.21. The van der Waals surface area contributed by atoms with Gasteiger partial charge in [0.25, 0.3) is 0 Å². The van der Waals surface area contributed by atoms with E-state index >= 15 is 0 Å². The second kappa shape index (κ2) is 8.32. The summed E-state index contributed by atoms with van der Waals surface area (Å²) in [7, 11) is 0. The van der Waals surface area contributed by atoms with Gasteiger partial charge in [0.1, 0.15) is 5.75 Å². The van der Waals surface area contributed by atoms with Crippen molar-refractivity contribution in [1.82, 2.24) is 5.32 Å². The molecule has 0 saturated heterocycles. The van der Waals surface area contributed by atoms with Crippen LogP contribution in [0.5, 0.6) is 5.75 Å². The largest absolute Gasteiger partial charge is 0.434 e. The average Bonchev–Trinajstić information content (AvgIpc) is 2.73. The van der Waals surface area contributed by atoms with Crippen molar-refractivity contribution < 1.29 is 13.5 Å². The van der Waals surface area contributed by atoms with Gasteiger partial charge < -0.3 is 10.1 Å². The van der Waals surface area contributed by atoms with Gasteiger partial charge in [-0.3, -0.25) is 0 Å². The van der Waals surface area contributed by atoms with Crippen LogP contribution in [-0.2, 0) is 0 Å². The minimum atomic E-state index is -2.78. The van der Waals surface area contributed by atoms with Gasteiger partial charge in [-0.2, -0.15) is 8.78 Å². The zero-order valence-corrected chi connectivity index (χ0v) is 12.7. The fourth-order valence-electron chi connectivity index (χ4n) is 3.06. The minimum Gasteiger partial charge on any atom is -0.434 e. The van der Waals surface area contributed by atoms with E-state index in [-0.39, 0.29) is 11.8 Å². The van der Waals surface area contributed by atoms with E-state index in [4.69, 9.17) is 0 Å². The molecule has 1 aromatic carbocycles. The lowest BCUT2D eigenvalue weighted by Crippen LogP contribution is -2.26. The van der Waals surface area contributed by atoms with Crippen LogP contribution in [0.1, 0.15) is 57.1 Å². The Balaban J connectivity index is 1.91.